The van der Waals surface area contributed by atoms with Crippen molar-refractivity contribution < 1.29 is 67.4 Å². The van der Waals surface area contributed by atoms with Crippen molar-refractivity contribution in [2.24, 2.45) is 11.8 Å². The number of aromatic carboxylic acids is 1. The third-order valence-corrected chi connectivity index (χ3v) is 16.4. The first-order chi connectivity index (χ1) is 39.0. The number of hydrogen-bond donors (Lipinski definition) is 5. The zero-order valence-corrected chi connectivity index (χ0v) is 47.3. The lowest BCUT2D eigenvalue weighted by Crippen LogP contribution is -2.72. The van der Waals surface area contributed by atoms with E-state index in [4.69, 9.17) is 28.1 Å². The highest BCUT2D eigenvalue weighted by molar-refractivity contribution is 6.19. The fourth-order valence-electron chi connectivity index (χ4n) is 12.4. The third kappa shape index (κ3) is 10.1. The van der Waals surface area contributed by atoms with Crippen LogP contribution in [0, 0.1) is 11.8 Å². The molecule has 2 fully saturated rings. The molecule has 5 atom stereocenters. The van der Waals surface area contributed by atoms with E-state index in [1.807, 2.05) is 66.7 Å². The minimum Gasteiger partial charge on any atom is -0.508 e. The summed E-state index contributed by atoms with van der Waals surface area (Å²) in [5.41, 5.74) is -0.00270. The highest BCUT2D eigenvalue weighted by Gasteiger charge is 2.81. The van der Waals surface area contributed by atoms with Crippen LogP contribution in [-0.4, -0.2) is 107 Å². The predicted molar refractivity (Wildman–Crippen MR) is 307 cm³/mol. The Morgan fingerprint density at radius 3 is 2.23 bits per heavy atom. The molecule has 1 spiro atoms. The molecule has 5 N–H and O–H groups in total. The summed E-state index contributed by atoms with van der Waals surface area (Å²) in [6, 6.07) is 12.9. The molecule has 4 aliphatic carbocycles. The van der Waals surface area contributed by atoms with E-state index >= 15 is 4.79 Å². The van der Waals surface area contributed by atoms with Gasteiger partial charge in [0.25, 0.3) is 5.91 Å². The SMILES string of the molecule is CC(C)=CCCC1(C)C=Cc2c(O)c3c(c(CC=C(C)C)c2O1)OC12C(=CC4CC1C(C)(C)OC2(C/C=C(/C)C(=O)NCCOCCOCCNC(=O)c1ccc(-c2c5ccc(=O)cc-5oc5cc(O)ccc25)c(C(=O)O)c1)C4=O)C3=O. The number of amides is 2. The quantitative estimate of drug-likeness (QED) is 0.0211. The molecule has 17 nitrogen and oxygen atoms in total. The highest BCUT2D eigenvalue weighted by Crippen LogP contribution is 2.69. The van der Waals surface area contributed by atoms with E-state index < -0.39 is 57.8 Å². The average Bonchev–Trinajstić information content (AvgIpc) is 1.72. The molecule has 2 amide bonds. The van der Waals surface area contributed by atoms with Crippen LogP contribution < -0.4 is 25.5 Å². The Morgan fingerprint density at radius 2 is 1.51 bits per heavy atom. The second-order valence-corrected chi connectivity index (χ2v) is 23.1. The average molecular weight is 1120 g/mol. The van der Waals surface area contributed by atoms with Gasteiger partial charge < -0.3 is 54.1 Å². The first-order valence-corrected chi connectivity index (χ1v) is 27.7. The number of rotatable bonds is 20. The molecule has 17 heteroatoms. The number of carboxylic acid groups (broad SMARTS) is 1. The van der Waals surface area contributed by atoms with E-state index in [1.54, 1.807) is 31.2 Å². The van der Waals surface area contributed by atoms with Crippen LogP contribution >= 0.6 is 0 Å². The Kier molecular flexibility index (Phi) is 15.3. The summed E-state index contributed by atoms with van der Waals surface area (Å²) in [6.45, 7) is 16.4. The number of Topliss-reactive ketones (excluding diaryl/α,β-unsaturated/α-hetero) is 2. The maximum Gasteiger partial charge on any atom is 0.336 e. The number of ether oxygens (including phenoxy) is 5. The number of nitrogens with one attached hydrogen (secondary N) is 2. The molecule has 1 saturated carbocycles. The summed E-state index contributed by atoms with van der Waals surface area (Å²) in [5.74, 6) is -3.47. The van der Waals surface area contributed by atoms with Gasteiger partial charge >= 0.3 is 5.97 Å². The van der Waals surface area contributed by atoms with Crippen LogP contribution in [0.25, 0.3) is 39.5 Å². The maximum absolute atomic E-state index is 15.2. The van der Waals surface area contributed by atoms with Gasteiger partial charge in [0, 0.05) is 82.3 Å². The lowest BCUT2D eigenvalue weighted by atomic mass is 9.51. The minimum absolute atomic E-state index is 0.0291. The molecule has 3 aromatic rings. The predicted octanol–water partition coefficient (Wildman–Crippen LogP) is 10.0. The number of benzene rings is 4. The first-order valence-electron chi connectivity index (χ1n) is 27.7. The van der Waals surface area contributed by atoms with Crippen LogP contribution in [0.4, 0.5) is 0 Å². The van der Waals surface area contributed by atoms with Crippen molar-refractivity contribution in [2.75, 3.05) is 39.5 Å². The number of carbonyl (C=O) groups excluding carboxylic acids is 4. The van der Waals surface area contributed by atoms with E-state index in [-0.39, 0.29) is 114 Å². The largest absolute Gasteiger partial charge is 0.508 e. The molecule has 4 aliphatic heterocycles. The fourth-order valence-corrected chi connectivity index (χ4v) is 12.4. The van der Waals surface area contributed by atoms with E-state index in [0.717, 1.165) is 12.0 Å². The Hall–Kier alpha value is -8.12. The molecular formula is C65H68N2O15. The molecule has 0 radical (unpaired) electrons. The van der Waals surface area contributed by atoms with Crippen LogP contribution in [0.1, 0.15) is 123 Å². The van der Waals surface area contributed by atoms with Gasteiger partial charge in [0.2, 0.25) is 5.91 Å². The molecule has 82 heavy (non-hydrogen) atoms. The summed E-state index contributed by atoms with van der Waals surface area (Å²) < 4.78 is 38.4. The molecule has 428 valence electrons. The zero-order chi connectivity index (χ0) is 58.6. The minimum atomic E-state index is -1.69. The first kappa shape index (κ1) is 57.1. The van der Waals surface area contributed by atoms with Crippen LogP contribution in [0.2, 0.25) is 0 Å². The van der Waals surface area contributed by atoms with Crippen LogP contribution in [0.5, 0.6) is 23.0 Å². The molecule has 8 aliphatic rings. The normalized spacial score (nSPS) is 22.6. The van der Waals surface area contributed by atoms with E-state index in [2.05, 4.69) is 16.7 Å². The van der Waals surface area contributed by atoms with Crippen LogP contribution in [0.15, 0.2) is 116 Å². The Balaban J connectivity index is 0.753. The second kappa shape index (κ2) is 22.0. The number of phenols is 2. The second-order valence-electron chi connectivity index (χ2n) is 23.1. The number of carbonyl (C=O) groups is 5. The molecule has 3 aromatic carbocycles. The Morgan fingerprint density at radius 1 is 0.793 bits per heavy atom. The number of aromatic hydroxyl groups is 2. The number of allylic oxidation sites excluding steroid dienone is 5. The standard InChI is InChI=1S/C65H68N2O15/c1-35(2)10-9-21-63(8)22-20-45-54(70)53-55(71)48-31-39-32-51-62(6,7)82-64(58(39)72,65(48,51)81-57(53)46(56(45)80-63)15-11-36(3)4)23-19-37(5)59(73)66-24-26-77-28-29-78-27-25-67-60(74)38-12-16-42(47(30-38)61(75)76)52-43-17-13-40(68)33-49(43)79-50-34-41(69)14-18-44(50)52/h10-14,16-20,22,30-31,33-34,39,51,68,70H,9,15,21,23-29,32H2,1-8H3,(H,66,73)(H,67,74)(H,75,76)/b37-19-. The maximum atomic E-state index is 15.2. The zero-order valence-electron chi connectivity index (χ0n) is 47.3. The van der Waals surface area contributed by atoms with Crippen molar-refractivity contribution in [3.63, 3.8) is 0 Å². The lowest BCUT2D eigenvalue weighted by molar-refractivity contribution is -0.171. The molecule has 1 saturated heterocycles. The topological polar surface area (TPSA) is 246 Å². The number of hydrogen-bond acceptors (Lipinski definition) is 14. The number of fused-ring (bicyclic) bond motifs is 4. The third-order valence-electron chi connectivity index (χ3n) is 16.4. The van der Waals surface area contributed by atoms with E-state index in [1.165, 1.54) is 48.0 Å². The van der Waals surface area contributed by atoms with E-state index in [0.29, 0.717) is 58.2 Å². The van der Waals surface area contributed by atoms with Crippen molar-refractivity contribution in [3.8, 4) is 45.4 Å². The van der Waals surface area contributed by atoms with Gasteiger partial charge in [0.15, 0.2) is 28.2 Å². The Bertz CT molecular complexity index is 3680. The molecule has 5 unspecified atom stereocenters. The summed E-state index contributed by atoms with van der Waals surface area (Å²) in [6.07, 6.45) is 13.4. The van der Waals surface area contributed by atoms with Gasteiger partial charge in [-0.25, -0.2) is 4.79 Å². The molecular weight excluding hydrogens is 1050 g/mol. The van der Waals surface area contributed by atoms with Gasteiger partial charge in [-0.3, -0.25) is 24.0 Å². The summed E-state index contributed by atoms with van der Waals surface area (Å²) in [7, 11) is 0. The van der Waals surface area contributed by atoms with Crippen molar-refractivity contribution in [1.82, 2.24) is 10.6 Å². The summed E-state index contributed by atoms with van der Waals surface area (Å²) >= 11 is 0. The Labute approximate surface area is 474 Å². The van der Waals surface area contributed by atoms with Gasteiger partial charge in [0.1, 0.15) is 45.5 Å². The van der Waals surface area contributed by atoms with Gasteiger partial charge in [-0.2, -0.15) is 0 Å². The number of carboxylic acids is 1. The summed E-state index contributed by atoms with van der Waals surface area (Å²) in [4.78, 5) is 81.6. The van der Waals surface area contributed by atoms with Crippen molar-refractivity contribution >= 4 is 46.4 Å². The molecule has 4 bridgehead atoms. The lowest BCUT2D eigenvalue weighted by Gasteiger charge is -2.56. The van der Waals surface area contributed by atoms with Gasteiger partial charge in [-0.05, 0) is 135 Å². The smallest absolute Gasteiger partial charge is 0.336 e. The van der Waals surface area contributed by atoms with Crippen molar-refractivity contribution in [2.45, 2.75) is 110 Å². The van der Waals surface area contributed by atoms with Gasteiger partial charge in [-0.15, -0.1) is 0 Å². The molecule has 4 heterocycles. The van der Waals surface area contributed by atoms with Crippen molar-refractivity contribution in [3.05, 3.63) is 145 Å². The number of ketones is 2. The summed E-state index contributed by atoms with van der Waals surface area (Å²) in [5, 5.41) is 38.6. The van der Waals surface area contributed by atoms with Crippen LogP contribution in [-0.2, 0) is 30.2 Å². The fraction of sp³-hybridized carbons (Fsp3) is 0.385. The monoisotopic (exact) mass is 1120 g/mol. The molecule has 0 aromatic heterocycles. The van der Waals surface area contributed by atoms with Gasteiger partial charge in [-0.1, -0.05) is 41.5 Å². The highest BCUT2D eigenvalue weighted by atomic mass is 16.6. The van der Waals surface area contributed by atoms with E-state index in [9.17, 15) is 39.3 Å². The van der Waals surface area contributed by atoms with Crippen LogP contribution in [0.3, 0.4) is 0 Å². The molecule has 11 rings (SSSR count). The number of phenolic OH excluding ortho intramolecular Hbond substituents is 2. The van der Waals surface area contributed by atoms with Gasteiger partial charge in [0.05, 0.1) is 43.2 Å². The van der Waals surface area contributed by atoms with Crippen molar-refractivity contribution in [1.29, 1.82) is 0 Å².